The summed E-state index contributed by atoms with van der Waals surface area (Å²) in [6.07, 6.45) is 0. The smallest absolute Gasteiger partial charge is 0.233 e. The van der Waals surface area contributed by atoms with Gasteiger partial charge in [0.05, 0.1) is 12.1 Å². The SMILES string of the molecule is N#CC1(Cl)C(=O)C(Cl)=C(Cl)C(=O)C1(Cl)C#N. The normalized spacial score (nSPS) is 34.6. The van der Waals surface area contributed by atoms with Crippen molar-refractivity contribution in [3.8, 4) is 12.1 Å². The van der Waals surface area contributed by atoms with Crippen LogP contribution in [-0.4, -0.2) is 21.3 Å². The van der Waals surface area contributed by atoms with E-state index < -0.39 is 31.4 Å². The van der Waals surface area contributed by atoms with Crippen LogP contribution in [0.1, 0.15) is 0 Å². The summed E-state index contributed by atoms with van der Waals surface area (Å²) in [5.74, 6) is -2.33. The number of allylic oxidation sites excluding steroid dienone is 2. The van der Waals surface area contributed by atoms with Crippen LogP contribution in [0.2, 0.25) is 0 Å². The minimum atomic E-state index is -2.57. The number of nitrogens with zero attached hydrogens (tertiary/aromatic N) is 2. The molecule has 0 aliphatic heterocycles. The summed E-state index contributed by atoms with van der Waals surface area (Å²) in [5, 5.41) is 16.2. The Kier molecular flexibility index (Phi) is 3.24. The number of nitriles is 2. The van der Waals surface area contributed by atoms with Gasteiger partial charge in [-0.1, -0.05) is 46.4 Å². The second-order valence-corrected chi connectivity index (χ2v) is 4.72. The number of ketones is 2. The Morgan fingerprint density at radius 3 is 1.31 bits per heavy atom. The lowest BCUT2D eigenvalue weighted by Gasteiger charge is -2.32. The largest absolute Gasteiger partial charge is 0.290 e. The summed E-state index contributed by atoms with van der Waals surface area (Å²) in [6, 6.07) is 2.63. The van der Waals surface area contributed by atoms with Crippen molar-refractivity contribution in [1.82, 2.24) is 0 Å². The van der Waals surface area contributed by atoms with Crippen molar-refractivity contribution >= 4 is 58.0 Å². The summed E-state index contributed by atoms with van der Waals surface area (Å²) in [5.41, 5.74) is 0. The van der Waals surface area contributed by atoms with Crippen LogP contribution >= 0.6 is 46.4 Å². The third kappa shape index (κ3) is 1.35. The van der Waals surface area contributed by atoms with E-state index in [2.05, 4.69) is 0 Å². The predicted octanol–water partition coefficient (Wildman–Crippen LogP) is 1.83. The number of hydrogen-bond donors (Lipinski definition) is 0. The van der Waals surface area contributed by atoms with E-state index in [0.29, 0.717) is 0 Å². The molecule has 0 aromatic carbocycles. The molecule has 0 saturated heterocycles. The summed E-state index contributed by atoms with van der Waals surface area (Å²) >= 11 is 22.1. The molecule has 0 heterocycles. The molecule has 16 heavy (non-hydrogen) atoms. The molecule has 0 aromatic heterocycles. The molecule has 0 amide bonds. The Balaban J connectivity index is 3.69. The Bertz CT molecular complexity index is 469. The van der Waals surface area contributed by atoms with Gasteiger partial charge in [0.2, 0.25) is 21.3 Å². The highest BCUT2D eigenvalue weighted by Gasteiger charge is 2.65. The van der Waals surface area contributed by atoms with Gasteiger partial charge in [0, 0.05) is 0 Å². The van der Waals surface area contributed by atoms with Gasteiger partial charge in [0.1, 0.15) is 10.1 Å². The minimum absolute atomic E-state index is 0.699. The van der Waals surface area contributed by atoms with Crippen LogP contribution in [0.5, 0.6) is 0 Å². The quantitative estimate of drug-likeness (QED) is 0.639. The molecule has 2 atom stereocenters. The van der Waals surface area contributed by atoms with Crippen molar-refractivity contribution in [2.24, 2.45) is 0 Å². The first-order valence-electron chi connectivity index (χ1n) is 3.61. The molecule has 2 unspecified atom stereocenters. The fourth-order valence-electron chi connectivity index (χ4n) is 1.07. The zero-order valence-electron chi connectivity index (χ0n) is 7.22. The van der Waals surface area contributed by atoms with E-state index in [0.717, 1.165) is 0 Å². The van der Waals surface area contributed by atoms with Crippen molar-refractivity contribution in [3.63, 3.8) is 0 Å². The van der Waals surface area contributed by atoms with E-state index in [1.54, 1.807) is 0 Å². The monoisotopic (exact) mass is 296 g/mol. The van der Waals surface area contributed by atoms with Gasteiger partial charge in [0.25, 0.3) is 0 Å². The van der Waals surface area contributed by atoms with Crippen LogP contribution in [0.3, 0.4) is 0 Å². The van der Waals surface area contributed by atoms with Gasteiger partial charge in [-0.05, 0) is 0 Å². The molecule has 1 aliphatic carbocycles. The van der Waals surface area contributed by atoms with Gasteiger partial charge >= 0.3 is 0 Å². The van der Waals surface area contributed by atoms with Gasteiger partial charge in [-0.15, -0.1) is 0 Å². The predicted molar refractivity (Wildman–Crippen MR) is 57.1 cm³/mol. The van der Waals surface area contributed by atoms with Crippen LogP contribution in [0.4, 0.5) is 0 Å². The highest BCUT2D eigenvalue weighted by Crippen LogP contribution is 2.45. The molecule has 0 radical (unpaired) electrons. The standard InChI is InChI=1S/C8Cl4N2O2/c9-3-4(10)6(16)8(12,2-14)7(11,1-13)5(3)15. The van der Waals surface area contributed by atoms with Crippen LogP contribution in [0.25, 0.3) is 0 Å². The number of alkyl halides is 2. The summed E-state index contributed by atoms with van der Waals surface area (Å²) in [6.45, 7) is 0. The molecule has 0 saturated carbocycles. The molecule has 0 N–H and O–H groups in total. The maximum absolute atomic E-state index is 11.6. The van der Waals surface area contributed by atoms with Crippen molar-refractivity contribution in [2.45, 2.75) is 9.75 Å². The minimum Gasteiger partial charge on any atom is -0.290 e. The maximum atomic E-state index is 11.6. The van der Waals surface area contributed by atoms with Crippen LogP contribution in [0, 0.1) is 22.7 Å². The Morgan fingerprint density at radius 1 is 0.875 bits per heavy atom. The molecular formula is C8Cl4N2O2. The van der Waals surface area contributed by atoms with Gasteiger partial charge in [-0.3, -0.25) is 9.59 Å². The van der Waals surface area contributed by atoms with Crippen molar-refractivity contribution in [2.75, 3.05) is 0 Å². The summed E-state index contributed by atoms with van der Waals surface area (Å²) in [4.78, 5) is 18.0. The van der Waals surface area contributed by atoms with Gasteiger partial charge in [0.15, 0.2) is 0 Å². The maximum Gasteiger partial charge on any atom is 0.233 e. The number of carbonyl (C=O) groups is 2. The van der Waals surface area contributed by atoms with E-state index in [9.17, 15) is 9.59 Å². The lowest BCUT2D eigenvalue weighted by atomic mass is 9.81. The van der Waals surface area contributed by atoms with E-state index in [1.807, 2.05) is 0 Å². The highest BCUT2D eigenvalue weighted by atomic mass is 35.5. The molecule has 8 heteroatoms. The Morgan fingerprint density at radius 2 is 1.12 bits per heavy atom. The molecular weight excluding hydrogens is 298 g/mol. The zero-order chi connectivity index (χ0) is 12.7. The van der Waals surface area contributed by atoms with Crippen LogP contribution < -0.4 is 0 Å². The molecule has 4 nitrogen and oxygen atoms in total. The molecule has 0 spiro atoms. The Hall–Kier alpha value is -0.780. The second kappa shape index (κ2) is 3.91. The van der Waals surface area contributed by atoms with E-state index >= 15 is 0 Å². The lowest BCUT2D eigenvalue weighted by Crippen LogP contribution is -2.58. The number of Topliss-reactive ketones (excluding diaryl/α,β-unsaturated/α-hetero) is 2. The van der Waals surface area contributed by atoms with Crippen LogP contribution in [-0.2, 0) is 9.59 Å². The molecule has 1 rings (SSSR count). The third-order valence-corrected chi connectivity index (χ3v) is 3.99. The molecule has 1 aliphatic rings. The number of rotatable bonds is 0. The topological polar surface area (TPSA) is 81.7 Å². The fourth-order valence-corrected chi connectivity index (χ4v) is 2.07. The van der Waals surface area contributed by atoms with Crippen LogP contribution in [0.15, 0.2) is 10.1 Å². The second-order valence-electron chi connectivity index (χ2n) is 2.83. The van der Waals surface area contributed by atoms with Crippen molar-refractivity contribution in [3.05, 3.63) is 10.1 Å². The Labute approximate surface area is 110 Å². The average Bonchev–Trinajstić information content (AvgIpc) is 2.31. The van der Waals surface area contributed by atoms with Gasteiger partial charge in [-0.25, -0.2) is 0 Å². The number of halogens is 4. The lowest BCUT2D eigenvalue weighted by molar-refractivity contribution is -0.124. The number of carbonyl (C=O) groups excluding carboxylic acids is 2. The molecule has 0 bridgehead atoms. The first-order valence-corrected chi connectivity index (χ1v) is 5.12. The fraction of sp³-hybridized carbons (Fsp3) is 0.250. The van der Waals surface area contributed by atoms with Crippen molar-refractivity contribution in [1.29, 1.82) is 10.5 Å². The van der Waals surface area contributed by atoms with Gasteiger partial charge in [-0.2, -0.15) is 10.5 Å². The number of hydrogen-bond acceptors (Lipinski definition) is 4. The van der Waals surface area contributed by atoms with E-state index in [1.165, 1.54) is 12.1 Å². The molecule has 0 fully saturated rings. The third-order valence-electron chi connectivity index (χ3n) is 2.00. The first kappa shape index (κ1) is 13.3. The summed E-state index contributed by atoms with van der Waals surface area (Å²) in [7, 11) is 0. The molecule has 82 valence electrons. The van der Waals surface area contributed by atoms with Crippen molar-refractivity contribution < 1.29 is 9.59 Å². The van der Waals surface area contributed by atoms with E-state index in [-0.39, 0.29) is 0 Å². The zero-order valence-corrected chi connectivity index (χ0v) is 10.2. The summed E-state index contributed by atoms with van der Waals surface area (Å²) < 4.78 is 0. The first-order chi connectivity index (χ1) is 7.26. The average molecular weight is 298 g/mol. The highest BCUT2D eigenvalue weighted by molar-refractivity contribution is 6.67. The van der Waals surface area contributed by atoms with E-state index in [4.69, 9.17) is 56.9 Å². The molecule has 0 aromatic rings. The van der Waals surface area contributed by atoms with Gasteiger partial charge < -0.3 is 0 Å².